The van der Waals surface area contributed by atoms with Gasteiger partial charge in [-0.05, 0) is 12.1 Å². The summed E-state index contributed by atoms with van der Waals surface area (Å²) in [5, 5.41) is 0. The molecule has 1 heterocycles. The number of esters is 2. The first-order valence-electron chi connectivity index (χ1n) is 8.57. The molecule has 0 aromatic carbocycles. The maximum Gasteiger partial charge on any atom is 0.412 e. The lowest BCUT2D eigenvalue weighted by atomic mass is 10.2. The number of likely N-dealkylation sites (N-methyl/N-ethyl adjacent to an activating group) is 2. The summed E-state index contributed by atoms with van der Waals surface area (Å²) >= 11 is 0. The van der Waals surface area contributed by atoms with Crippen LogP contribution in [0.4, 0.5) is 4.79 Å². The third-order valence-electron chi connectivity index (χ3n) is 3.50. The molecule has 0 N–H and O–H groups in total. The predicted octanol–water partition coefficient (Wildman–Crippen LogP) is 0.603. The van der Waals surface area contributed by atoms with E-state index in [0.717, 1.165) is 10.6 Å². The van der Waals surface area contributed by atoms with Crippen molar-refractivity contribution in [1.82, 2.24) is 14.8 Å². The Balaban J connectivity index is 2.34. The average Bonchev–Trinajstić information content (AvgIpc) is 2.64. The van der Waals surface area contributed by atoms with Crippen LogP contribution in [0.2, 0.25) is 0 Å². The van der Waals surface area contributed by atoms with Crippen molar-refractivity contribution in [2.45, 2.75) is 26.6 Å². The number of rotatable bonds is 9. The maximum atomic E-state index is 12.0. The number of carbonyl (C=O) groups is 4. The van der Waals surface area contributed by atoms with Gasteiger partial charge in [-0.3, -0.25) is 19.4 Å². The molecule has 0 saturated heterocycles. The quantitative estimate of drug-likeness (QED) is 0.441. The van der Waals surface area contributed by atoms with Gasteiger partial charge >= 0.3 is 18.0 Å². The smallest absolute Gasteiger partial charge is 0.412 e. The Morgan fingerprint density at radius 1 is 1.11 bits per heavy atom. The van der Waals surface area contributed by atoms with E-state index in [2.05, 4.69) is 9.72 Å². The zero-order valence-corrected chi connectivity index (χ0v) is 16.4. The average molecular weight is 395 g/mol. The first kappa shape index (κ1) is 22.9. The van der Waals surface area contributed by atoms with Crippen LogP contribution in [0.25, 0.3) is 0 Å². The molecule has 1 rings (SSSR count). The molecule has 1 unspecified atom stereocenters. The second-order valence-corrected chi connectivity index (χ2v) is 5.96. The minimum absolute atomic E-state index is 0.377. The predicted molar refractivity (Wildman–Crippen MR) is 96.9 cm³/mol. The Labute approximate surface area is 163 Å². The van der Waals surface area contributed by atoms with E-state index in [1.54, 1.807) is 19.3 Å². The molecule has 0 aliphatic heterocycles. The fraction of sp³-hybridized carbons (Fsp3) is 0.500. The third kappa shape index (κ3) is 8.97. The fourth-order valence-corrected chi connectivity index (χ4v) is 1.95. The van der Waals surface area contributed by atoms with Gasteiger partial charge in [-0.2, -0.15) is 0 Å². The van der Waals surface area contributed by atoms with Gasteiger partial charge in [-0.15, -0.1) is 0 Å². The molecule has 1 aromatic rings. The number of pyridine rings is 1. The zero-order valence-electron chi connectivity index (χ0n) is 16.4. The van der Waals surface area contributed by atoms with Gasteiger partial charge in [0.1, 0.15) is 6.54 Å². The molecule has 0 bridgehead atoms. The van der Waals surface area contributed by atoms with Gasteiger partial charge in [0.2, 0.25) is 6.29 Å². The van der Waals surface area contributed by atoms with Crippen molar-refractivity contribution in [2.24, 2.45) is 0 Å². The van der Waals surface area contributed by atoms with Gasteiger partial charge in [-0.25, -0.2) is 4.79 Å². The second-order valence-electron chi connectivity index (χ2n) is 5.96. The van der Waals surface area contributed by atoms with Crippen molar-refractivity contribution in [3.63, 3.8) is 0 Å². The molecule has 0 aliphatic carbocycles. The molecule has 10 nitrogen and oxygen atoms in total. The van der Waals surface area contributed by atoms with Gasteiger partial charge in [0.15, 0.2) is 6.61 Å². The van der Waals surface area contributed by atoms with Crippen molar-refractivity contribution >= 4 is 23.9 Å². The molecular formula is C18H25N3O7. The van der Waals surface area contributed by atoms with Gasteiger partial charge in [-0.1, -0.05) is 6.07 Å². The van der Waals surface area contributed by atoms with Crippen molar-refractivity contribution in [3.8, 4) is 0 Å². The van der Waals surface area contributed by atoms with Crippen molar-refractivity contribution in [3.05, 3.63) is 30.1 Å². The van der Waals surface area contributed by atoms with Gasteiger partial charge in [0.05, 0.1) is 0 Å². The summed E-state index contributed by atoms with van der Waals surface area (Å²) in [7, 11) is 2.91. The van der Waals surface area contributed by atoms with Crippen LogP contribution in [-0.2, 0) is 35.0 Å². The topological polar surface area (TPSA) is 115 Å². The number of carbonyl (C=O) groups excluding carboxylic acids is 4. The summed E-state index contributed by atoms with van der Waals surface area (Å²) < 4.78 is 14.6. The lowest BCUT2D eigenvalue weighted by Gasteiger charge is -2.21. The Bertz CT molecular complexity index is 681. The van der Waals surface area contributed by atoms with Crippen LogP contribution < -0.4 is 0 Å². The number of hydrogen-bond donors (Lipinski definition) is 0. The number of nitrogens with zero attached hydrogens (tertiary/aromatic N) is 3. The molecule has 154 valence electrons. The van der Waals surface area contributed by atoms with Crippen LogP contribution in [0.1, 0.15) is 19.5 Å². The van der Waals surface area contributed by atoms with Crippen LogP contribution in [0.15, 0.2) is 24.4 Å². The van der Waals surface area contributed by atoms with Gasteiger partial charge in [0, 0.05) is 52.8 Å². The van der Waals surface area contributed by atoms with E-state index >= 15 is 0 Å². The van der Waals surface area contributed by atoms with E-state index in [4.69, 9.17) is 9.47 Å². The number of amides is 2. The van der Waals surface area contributed by atoms with E-state index in [1.165, 1.54) is 25.8 Å². The Kier molecular flexibility index (Phi) is 9.41. The van der Waals surface area contributed by atoms with Crippen molar-refractivity contribution < 1.29 is 33.4 Å². The Morgan fingerprint density at radius 3 is 2.43 bits per heavy atom. The number of aromatic nitrogens is 1. The molecule has 28 heavy (non-hydrogen) atoms. The summed E-state index contributed by atoms with van der Waals surface area (Å²) in [6.45, 7) is 2.10. The first-order chi connectivity index (χ1) is 13.2. The zero-order chi connectivity index (χ0) is 21.1. The normalized spacial score (nSPS) is 11.1. The highest BCUT2D eigenvalue weighted by atomic mass is 16.7. The molecule has 0 fully saturated rings. The third-order valence-corrected chi connectivity index (χ3v) is 3.50. The molecule has 0 saturated carbocycles. The van der Waals surface area contributed by atoms with Crippen LogP contribution >= 0.6 is 0 Å². The second kappa shape index (κ2) is 11.5. The summed E-state index contributed by atoms with van der Waals surface area (Å²) in [5.41, 5.74) is 0.836. The fourth-order valence-electron chi connectivity index (χ4n) is 1.95. The monoisotopic (exact) mass is 395 g/mol. The Morgan fingerprint density at radius 2 is 1.82 bits per heavy atom. The molecule has 0 spiro atoms. The molecule has 1 aromatic heterocycles. The number of ether oxygens (including phenoxy) is 3. The van der Waals surface area contributed by atoms with E-state index in [0.29, 0.717) is 13.0 Å². The first-order valence-corrected chi connectivity index (χ1v) is 8.57. The summed E-state index contributed by atoms with van der Waals surface area (Å²) in [4.78, 5) is 52.7. The van der Waals surface area contributed by atoms with Crippen molar-refractivity contribution in [2.75, 3.05) is 33.8 Å². The van der Waals surface area contributed by atoms with E-state index in [9.17, 15) is 19.2 Å². The summed E-state index contributed by atoms with van der Waals surface area (Å²) in [6, 6.07) is 5.51. The van der Waals surface area contributed by atoms with Crippen LogP contribution in [0.5, 0.6) is 0 Å². The van der Waals surface area contributed by atoms with E-state index in [1.807, 2.05) is 12.1 Å². The molecule has 10 heteroatoms. The summed E-state index contributed by atoms with van der Waals surface area (Å²) in [6.07, 6.45) is 0.434. The van der Waals surface area contributed by atoms with Crippen LogP contribution in [0, 0.1) is 0 Å². The molecule has 0 aliphatic rings. The number of hydrogen-bond acceptors (Lipinski definition) is 8. The van der Waals surface area contributed by atoms with Gasteiger partial charge < -0.3 is 24.0 Å². The lowest BCUT2D eigenvalue weighted by Crippen LogP contribution is -2.38. The molecule has 0 radical (unpaired) electrons. The van der Waals surface area contributed by atoms with Crippen LogP contribution in [-0.4, -0.2) is 78.8 Å². The van der Waals surface area contributed by atoms with E-state index < -0.39 is 36.8 Å². The molecule has 2 amide bonds. The SMILES string of the molecule is CC(=O)OCC(=O)N(C)CC(=O)OC(C)OC(=O)N(C)CCc1ccccn1. The maximum absolute atomic E-state index is 12.0. The Hall–Kier alpha value is -3.17. The van der Waals surface area contributed by atoms with Crippen molar-refractivity contribution in [1.29, 1.82) is 0 Å². The minimum atomic E-state index is -1.13. The van der Waals surface area contributed by atoms with Crippen LogP contribution in [0.3, 0.4) is 0 Å². The highest BCUT2D eigenvalue weighted by Crippen LogP contribution is 2.02. The highest BCUT2D eigenvalue weighted by molar-refractivity contribution is 5.84. The van der Waals surface area contributed by atoms with E-state index in [-0.39, 0.29) is 6.54 Å². The largest absolute Gasteiger partial charge is 0.456 e. The summed E-state index contributed by atoms with van der Waals surface area (Å²) in [5.74, 6) is -1.93. The van der Waals surface area contributed by atoms with Gasteiger partial charge in [0.25, 0.3) is 5.91 Å². The minimum Gasteiger partial charge on any atom is -0.456 e. The highest BCUT2D eigenvalue weighted by Gasteiger charge is 2.20. The molecule has 1 atom stereocenters. The lowest BCUT2D eigenvalue weighted by molar-refractivity contribution is -0.168. The molecular weight excluding hydrogens is 370 g/mol. The standard InChI is InChI=1S/C18H25N3O7/c1-13(22)26-12-16(23)21(4)11-17(24)27-14(2)28-18(25)20(3)10-8-15-7-5-6-9-19-15/h5-7,9,14H,8,10-12H2,1-4H3.